The van der Waals surface area contributed by atoms with E-state index in [-0.39, 0.29) is 17.9 Å². The summed E-state index contributed by atoms with van der Waals surface area (Å²) in [4.78, 5) is 19.8. The zero-order valence-electron chi connectivity index (χ0n) is 24.8. The lowest BCUT2D eigenvalue weighted by molar-refractivity contribution is -0.136. The summed E-state index contributed by atoms with van der Waals surface area (Å²) in [5.74, 6) is 1.84. The number of aryl methyl sites for hydroxylation is 1. The predicted molar refractivity (Wildman–Crippen MR) is 166 cm³/mol. The van der Waals surface area contributed by atoms with Crippen LogP contribution in [0.15, 0.2) is 78.9 Å². The first-order chi connectivity index (χ1) is 20.0. The van der Waals surface area contributed by atoms with Crippen LogP contribution in [0.5, 0.6) is 11.5 Å². The summed E-state index contributed by atoms with van der Waals surface area (Å²) in [5.41, 5.74) is 3.91. The van der Waals surface area contributed by atoms with Crippen molar-refractivity contribution in [3.05, 3.63) is 90.0 Å². The molecular weight excluding hydrogens is 510 g/mol. The molecule has 0 unspecified atom stereocenters. The minimum absolute atomic E-state index is 0.0782. The van der Waals surface area contributed by atoms with Crippen molar-refractivity contribution in [1.82, 2.24) is 9.80 Å². The Morgan fingerprint density at radius 1 is 0.902 bits per heavy atom. The minimum Gasteiger partial charge on any atom is -0.492 e. The van der Waals surface area contributed by atoms with Gasteiger partial charge < -0.3 is 19.3 Å². The number of rotatable bonds is 6. The number of carbonyl (C=O) groups is 1. The molecule has 41 heavy (non-hydrogen) atoms. The third-order valence-electron chi connectivity index (χ3n) is 8.72. The molecule has 6 nitrogen and oxygen atoms in total. The van der Waals surface area contributed by atoms with Gasteiger partial charge in [-0.05, 0) is 66.8 Å². The van der Waals surface area contributed by atoms with Gasteiger partial charge in [-0.15, -0.1) is 0 Å². The molecule has 2 heterocycles. The molecule has 0 aliphatic carbocycles. The number of amides is 1. The zero-order chi connectivity index (χ0) is 28.5. The van der Waals surface area contributed by atoms with E-state index in [2.05, 4.69) is 59.5 Å². The molecule has 218 valence electrons. The number of fused-ring (bicyclic) bond motifs is 1. The van der Waals surface area contributed by atoms with Crippen LogP contribution in [0.4, 0.5) is 5.69 Å². The number of piperidine rings is 1. The van der Waals surface area contributed by atoms with Crippen LogP contribution in [0, 0.1) is 5.41 Å². The number of hydrogen-bond acceptors (Lipinski definition) is 5. The van der Waals surface area contributed by atoms with E-state index >= 15 is 0 Å². The molecule has 0 bridgehead atoms. The van der Waals surface area contributed by atoms with E-state index in [4.69, 9.17) is 9.47 Å². The standard InChI is InChI=1S/C35H45N3O3/c1-36(2)31-15-10-16-32(25-31)41-27-34(39)38-21-19-35(20-22-38)18-9-8-14-30-13-6-7-17-33(30)40-24-23-37(28-35)26-29-11-4-3-5-12-29/h3-7,10-13,15-17,25H,8-9,14,18-24,26-28H2,1-2H3. The molecule has 0 atom stereocenters. The monoisotopic (exact) mass is 555 g/mol. The molecule has 2 aliphatic heterocycles. The molecule has 1 amide bonds. The Morgan fingerprint density at radius 3 is 2.49 bits per heavy atom. The fourth-order valence-corrected chi connectivity index (χ4v) is 6.29. The highest BCUT2D eigenvalue weighted by Crippen LogP contribution is 2.39. The number of likely N-dealkylation sites (tertiary alicyclic amines) is 1. The third kappa shape index (κ3) is 8.04. The molecular formula is C35H45N3O3. The van der Waals surface area contributed by atoms with Crippen molar-refractivity contribution < 1.29 is 14.3 Å². The summed E-state index contributed by atoms with van der Waals surface area (Å²) < 4.78 is 12.2. The van der Waals surface area contributed by atoms with Gasteiger partial charge >= 0.3 is 0 Å². The first-order valence-electron chi connectivity index (χ1n) is 15.1. The molecule has 2 aliphatic rings. The van der Waals surface area contributed by atoms with Gasteiger partial charge in [0.1, 0.15) is 18.1 Å². The molecule has 3 aromatic carbocycles. The lowest BCUT2D eigenvalue weighted by Gasteiger charge is -2.45. The Kier molecular flexibility index (Phi) is 9.84. The second-order valence-corrected chi connectivity index (χ2v) is 11.9. The topological polar surface area (TPSA) is 45.3 Å². The fraction of sp³-hybridized carbons (Fsp3) is 0.457. The summed E-state index contributed by atoms with van der Waals surface area (Å²) in [6.07, 6.45) is 6.64. The van der Waals surface area contributed by atoms with E-state index in [1.165, 1.54) is 24.0 Å². The minimum atomic E-state index is 0.0782. The lowest BCUT2D eigenvalue weighted by atomic mass is 9.73. The van der Waals surface area contributed by atoms with Crippen LogP contribution >= 0.6 is 0 Å². The normalized spacial score (nSPS) is 18.0. The van der Waals surface area contributed by atoms with Crippen LogP contribution in [-0.4, -0.2) is 69.2 Å². The van der Waals surface area contributed by atoms with Crippen LogP contribution < -0.4 is 14.4 Å². The maximum absolute atomic E-state index is 13.2. The second kappa shape index (κ2) is 13.9. The summed E-state index contributed by atoms with van der Waals surface area (Å²) in [7, 11) is 4.01. The first-order valence-corrected chi connectivity index (χ1v) is 15.1. The second-order valence-electron chi connectivity index (χ2n) is 11.9. The number of benzene rings is 3. The van der Waals surface area contributed by atoms with Gasteiger partial charge in [0.2, 0.25) is 0 Å². The van der Waals surface area contributed by atoms with Crippen LogP contribution in [0.2, 0.25) is 0 Å². The Balaban J connectivity index is 1.24. The molecule has 1 saturated heterocycles. The van der Waals surface area contributed by atoms with Crippen LogP contribution in [-0.2, 0) is 17.8 Å². The summed E-state index contributed by atoms with van der Waals surface area (Å²) >= 11 is 0. The van der Waals surface area contributed by atoms with Gasteiger partial charge in [-0.25, -0.2) is 0 Å². The Labute approximate surface area is 245 Å². The molecule has 6 heteroatoms. The average molecular weight is 556 g/mol. The molecule has 0 N–H and O–H groups in total. The molecule has 5 rings (SSSR count). The molecule has 0 saturated carbocycles. The number of anilines is 1. The number of nitrogens with zero attached hydrogens (tertiary/aromatic N) is 3. The van der Waals surface area contributed by atoms with Crippen molar-refractivity contribution in [2.45, 2.75) is 45.1 Å². The Bertz CT molecular complexity index is 1250. The summed E-state index contributed by atoms with van der Waals surface area (Å²) in [6, 6.07) is 27.2. The van der Waals surface area contributed by atoms with Gasteiger partial charge in [-0.2, -0.15) is 0 Å². The Morgan fingerprint density at radius 2 is 1.68 bits per heavy atom. The van der Waals surface area contributed by atoms with E-state index in [0.29, 0.717) is 6.61 Å². The third-order valence-corrected chi connectivity index (χ3v) is 8.72. The van der Waals surface area contributed by atoms with Gasteiger partial charge in [0.05, 0.1) is 0 Å². The van der Waals surface area contributed by atoms with Crippen molar-refractivity contribution in [1.29, 1.82) is 0 Å². The number of hydrogen-bond donors (Lipinski definition) is 0. The fourth-order valence-electron chi connectivity index (χ4n) is 6.29. The van der Waals surface area contributed by atoms with Crippen LogP contribution in [0.3, 0.4) is 0 Å². The highest BCUT2D eigenvalue weighted by molar-refractivity contribution is 5.78. The van der Waals surface area contributed by atoms with Crippen LogP contribution in [0.1, 0.15) is 43.2 Å². The summed E-state index contributed by atoms with van der Waals surface area (Å²) in [5, 5.41) is 0. The maximum atomic E-state index is 13.2. The van der Waals surface area contributed by atoms with Gasteiger partial charge in [0.15, 0.2) is 6.61 Å². The average Bonchev–Trinajstić information content (AvgIpc) is 2.99. The number of para-hydroxylation sites is 1. The lowest BCUT2D eigenvalue weighted by Crippen LogP contribution is -2.49. The largest absolute Gasteiger partial charge is 0.492 e. The van der Waals surface area contributed by atoms with Gasteiger partial charge in [0, 0.05) is 58.6 Å². The van der Waals surface area contributed by atoms with E-state index in [9.17, 15) is 4.79 Å². The van der Waals surface area contributed by atoms with E-state index in [0.717, 1.165) is 75.6 Å². The van der Waals surface area contributed by atoms with Crippen LogP contribution in [0.25, 0.3) is 0 Å². The molecule has 1 spiro atoms. The number of ether oxygens (including phenoxy) is 2. The van der Waals surface area contributed by atoms with E-state index in [1.54, 1.807) is 0 Å². The first kappa shape index (κ1) is 29.0. The van der Waals surface area contributed by atoms with Crippen molar-refractivity contribution in [3.63, 3.8) is 0 Å². The van der Waals surface area contributed by atoms with Crippen molar-refractivity contribution in [3.8, 4) is 11.5 Å². The van der Waals surface area contributed by atoms with Gasteiger partial charge in [-0.3, -0.25) is 9.69 Å². The molecule has 0 aromatic heterocycles. The molecule has 1 fully saturated rings. The maximum Gasteiger partial charge on any atom is 0.260 e. The van der Waals surface area contributed by atoms with Gasteiger partial charge in [-0.1, -0.05) is 61.0 Å². The smallest absolute Gasteiger partial charge is 0.260 e. The zero-order valence-corrected chi connectivity index (χ0v) is 24.8. The van der Waals surface area contributed by atoms with Gasteiger partial charge in [0.25, 0.3) is 5.91 Å². The number of carbonyl (C=O) groups excluding carboxylic acids is 1. The predicted octanol–water partition coefficient (Wildman–Crippen LogP) is 6.05. The van der Waals surface area contributed by atoms with Crippen molar-refractivity contribution in [2.75, 3.05) is 58.4 Å². The Hall–Kier alpha value is -3.51. The molecule has 0 radical (unpaired) electrons. The van der Waals surface area contributed by atoms with E-state index < -0.39 is 0 Å². The SMILES string of the molecule is CN(C)c1cccc(OCC(=O)N2CCC3(CCCCc4ccccc4OCCN(Cc4ccccc4)C3)CC2)c1. The van der Waals surface area contributed by atoms with Crippen molar-refractivity contribution >= 4 is 11.6 Å². The quantitative estimate of drug-likeness (QED) is 0.371. The summed E-state index contributed by atoms with van der Waals surface area (Å²) in [6.45, 7) is 5.17. The highest BCUT2D eigenvalue weighted by atomic mass is 16.5. The highest BCUT2D eigenvalue weighted by Gasteiger charge is 2.37. The van der Waals surface area contributed by atoms with E-state index in [1.807, 2.05) is 48.2 Å². The van der Waals surface area contributed by atoms with Crippen molar-refractivity contribution in [2.24, 2.45) is 5.41 Å². The molecule has 3 aromatic rings.